The Labute approximate surface area is 135 Å². The van der Waals surface area contributed by atoms with Gasteiger partial charge in [-0.05, 0) is 43.4 Å². The van der Waals surface area contributed by atoms with Crippen molar-refractivity contribution in [1.82, 2.24) is 4.90 Å². The number of nitrogens with zero attached hydrogens (tertiary/aromatic N) is 1. The van der Waals surface area contributed by atoms with E-state index in [1.165, 1.54) is 12.1 Å². The molecule has 1 fully saturated rings. The lowest BCUT2D eigenvalue weighted by atomic mass is 9.97. The number of carbonyl (C=O) groups excluding carboxylic acids is 1. The maximum atomic E-state index is 12.8. The molecule has 1 atom stereocenters. The normalized spacial score (nSPS) is 18.3. The Kier molecular flexibility index (Phi) is 6.32. The van der Waals surface area contributed by atoms with Gasteiger partial charge in [0.05, 0.1) is 0 Å². The summed E-state index contributed by atoms with van der Waals surface area (Å²) in [5, 5.41) is 8.81. The van der Waals surface area contributed by atoms with Crippen molar-refractivity contribution in [3.8, 4) is 0 Å². The van der Waals surface area contributed by atoms with Crippen LogP contribution in [0.5, 0.6) is 0 Å². The van der Waals surface area contributed by atoms with Gasteiger partial charge in [-0.3, -0.25) is 9.59 Å². The van der Waals surface area contributed by atoms with Crippen LogP contribution >= 0.6 is 0 Å². The molecule has 1 heterocycles. The molecule has 0 saturated carbocycles. The van der Waals surface area contributed by atoms with Gasteiger partial charge in [0, 0.05) is 25.4 Å². The lowest BCUT2D eigenvalue weighted by Gasteiger charge is -2.35. The Morgan fingerprint density at radius 2 is 2.00 bits per heavy atom. The molecule has 0 spiro atoms. The summed E-state index contributed by atoms with van der Waals surface area (Å²) in [6, 6.07) is 6.12. The third-order valence-corrected chi connectivity index (χ3v) is 4.11. The van der Waals surface area contributed by atoms with E-state index >= 15 is 0 Å². The fraction of sp³-hybridized carbons (Fsp3) is 0.444. The van der Waals surface area contributed by atoms with Crippen molar-refractivity contribution in [1.29, 1.82) is 0 Å². The molecule has 0 aliphatic carbocycles. The van der Waals surface area contributed by atoms with Crippen molar-refractivity contribution in [2.75, 3.05) is 6.54 Å². The molecule has 1 amide bonds. The summed E-state index contributed by atoms with van der Waals surface area (Å²) in [5.74, 6) is -1.08. The van der Waals surface area contributed by atoms with Gasteiger partial charge >= 0.3 is 5.97 Å². The lowest BCUT2D eigenvalue weighted by molar-refractivity contribution is -0.139. The van der Waals surface area contributed by atoms with Crippen LogP contribution in [-0.2, 0) is 9.59 Å². The van der Waals surface area contributed by atoms with Crippen LogP contribution in [0, 0.1) is 5.82 Å². The summed E-state index contributed by atoms with van der Waals surface area (Å²) in [6.45, 7) is 0.702. The van der Waals surface area contributed by atoms with Crippen molar-refractivity contribution in [3.63, 3.8) is 0 Å². The number of halogens is 1. The number of benzene rings is 1. The molecular formula is C18H22FNO3. The molecule has 124 valence electrons. The highest BCUT2D eigenvalue weighted by atomic mass is 19.1. The second kappa shape index (κ2) is 8.46. The van der Waals surface area contributed by atoms with Crippen LogP contribution < -0.4 is 0 Å². The molecule has 0 bridgehead atoms. The van der Waals surface area contributed by atoms with Crippen molar-refractivity contribution in [2.24, 2.45) is 0 Å². The SMILES string of the molecule is O=C(O)CCC1CCCCN1C(=O)CC=Cc1ccc(F)cc1. The molecule has 1 unspecified atom stereocenters. The van der Waals surface area contributed by atoms with Crippen LogP contribution in [0.2, 0.25) is 0 Å². The van der Waals surface area contributed by atoms with E-state index in [-0.39, 0.29) is 30.6 Å². The largest absolute Gasteiger partial charge is 0.481 e. The first kappa shape index (κ1) is 17.2. The molecule has 1 saturated heterocycles. The Hall–Kier alpha value is -2.17. The molecular weight excluding hydrogens is 297 g/mol. The number of amides is 1. The minimum Gasteiger partial charge on any atom is -0.481 e. The first-order valence-electron chi connectivity index (χ1n) is 7.99. The number of piperidine rings is 1. The third kappa shape index (κ3) is 5.51. The van der Waals surface area contributed by atoms with E-state index in [9.17, 15) is 14.0 Å². The van der Waals surface area contributed by atoms with Crippen LogP contribution in [0.25, 0.3) is 6.08 Å². The van der Waals surface area contributed by atoms with Crippen LogP contribution in [0.1, 0.15) is 44.1 Å². The van der Waals surface area contributed by atoms with E-state index < -0.39 is 5.97 Å². The van der Waals surface area contributed by atoms with E-state index in [0.717, 1.165) is 24.8 Å². The highest BCUT2D eigenvalue weighted by molar-refractivity contribution is 5.79. The minimum atomic E-state index is -0.820. The van der Waals surface area contributed by atoms with E-state index in [1.54, 1.807) is 24.3 Å². The molecule has 1 aromatic carbocycles. The minimum absolute atomic E-state index is 0.0263. The molecule has 0 aromatic heterocycles. The molecule has 4 nitrogen and oxygen atoms in total. The molecule has 1 aliphatic heterocycles. The topological polar surface area (TPSA) is 57.6 Å². The summed E-state index contributed by atoms with van der Waals surface area (Å²) in [5.41, 5.74) is 0.847. The highest BCUT2D eigenvalue weighted by Gasteiger charge is 2.26. The van der Waals surface area contributed by atoms with Gasteiger partial charge in [-0.1, -0.05) is 24.3 Å². The number of hydrogen-bond donors (Lipinski definition) is 1. The molecule has 0 radical (unpaired) electrons. The maximum absolute atomic E-state index is 12.8. The summed E-state index contributed by atoms with van der Waals surface area (Å²) < 4.78 is 12.8. The summed E-state index contributed by atoms with van der Waals surface area (Å²) in [7, 11) is 0. The molecule has 1 aliphatic rings. The van der Waals surface area contributed by atoms with Crippen LogP contribution in [-0.4, -0.2) is 34.5 Å². The van der Waals surface area contributed by atoms with Gasteiger partial charge in [0.15, 0.2) is 0 Å². The monoisotopic (exact) mass is 319 g/mol. The smallest absolute Gasteiger partial charge is 0.303 e. The summed E-state index contributed by atoms with van der Waals surface area (Å²) in [6.07, 6.45) is 7.35. The zero-order chi connectivity index (χ0) is 16.7. The Bertz CT molecular complexity index is 568. The van der Waals surface area contributed by atoms with Crippen molar-refractivity contribution in [3.05, 3.63) is 41.7 Å². The number of aliphatic carboxylic acids is 1. The van der Waals surface area contributed by atoms with Gasteiger partial charge in [-0.2, -0.15) is 0 Å². The summed E-state index contributed by atoms with van der Waals surface area (Å²) in [4.78, 5) is 24.9. The van der Waals surface area contributed by atoms with E-state index in [0.29, 0.717) is 13.0 Å². The first-order chi connectivity index (χ1) is 11.1. The molecule has 1 N–H and O–H groups in total. The molecule has 23 heavy (non-hydrogen) atoms. The molecule has 1 aromatic rings. The van der Waals surface area contributed by atoms with Crippen LogP contribution in [0.3, 0.4) is 0 Å². The van der Waals surface area contributed by atoms with E-state index in [4.69, 9.17) is 5.11 Å². The highest BCUT2D eigenvalue weighted by Crippen LogP contribution is 2.22. The number of carbonyl (C=O) groups is 2. The number of hydrogen-bond acceptors (Lipinski definition) is 2. The predicted molar refractivity (Wildman–Crippen MR) is 86.3 cm³/mol. The average Bonchev–Trinajstić information content (AvgIpc) is 2.55. The van der Waals surface area contributed by atoms with E-state index in [2.05, 4.69) is 0 Å². The van der Waals surface area contributed by atoms with Crippen molar-refractivity contribution < 1.29 is 19.1 Å². The van der Waals surface area contributed by atoms with Crippen molar-refractivity contribution >= 4 is 18.0 Å². The quantitative estimate of drug-likeness (QED) is 0.873. The Morgan fingerprint density at radius 1 is 1.26 bits per heavy atom. The zero-order valence-electron chi connectivity index (χ0n) is 13.1. The van der Waals surface area contributed by atoms with Crippen LogP contribution in [0.4, 0.5) is 4.39 Å². The second-order valence-corrected chi connectivity index (χ2v) is 5.83. The number of likely N-dealkylation sites (tertiary alicyclic amines) is 1. The number of carboxylic acids is 1. The maximum Gasteiger partial charge on any atom is 0.303 e. The standard InChI is InChI=1S/C18H22FNO3/c19-15-9-7-14(8-10-15)4-3-6-17(21)20-13-2-1-5-16(20)11-12-18(22)23/h3-4,7-10,16H,1-2,5-6,11-13H2,(H,22,23). The molecule has 2 rings (SSSR count). The average molecular weight is 319 g/mol. The second-order valence-electron chi connectivity index (χ2n) is 5.83. The fourth-order valence-electron chi connectivity index (χ4n) is 2.91. The van der Waals surface area contributed by atoms with Gasteiger partial charge < -0.3 is 10.0 Å². The first-order valence-corrected chi connectivity index (χ1v) is 7.99. The number of carboxylic acid groups (broad SMARTS) is 1. The van der Waals surface area contributed by atoms with Crippen LogP contribution in [0.15, 0.2) is 30.3 Å². The van der Waals surface area contributed by atoms with Gasteiger partial charge in [-0.15, -0.1) is 0 Å². The van der Waals surface area contributed by atoms with Crippen molar-refractivity contribution in [2.45, 2.75) is 44.6 Å². The van der Waals surface area contributed by atoms with Gasteiger partial charge in [0.25, 0.3) is 0 Å². The zero-order valence-corrected chi connectivity index (χ0v) is 13.1. The van der Waals surface area contributed by atoms with Gasteiger partial charge in [-0.25, -0.2) is 4.39 Å². The van der Waals surface area contributed by atoms with E-state index in [1.807, 2.05) is 4.90 Å². The lowest BCUT2D eigenvalue weighted by Crippen LogP contribution is -2.43. The molecule has 5 heteroatoms. The third-order valence-electron chi connectivity index (χ3n) is 4.11. The van der Waals surface area contributed by atoms with Gasteiger partial charge in [0.2, 0.25) is 5.91 Å². The van der Waals surface area contributed by atoms with Gasteiger partial charge in [0.1, 0.15) is 5.82 Å². The number of rotatable bonds is 6. The fourth-order valence-corrected chi connectivity index (χ4v) is 2.91. The summed E-state index contributed by atoms with van der Waals surface area (Å²) >= 11 is 0. The predicted octanol–water partition coefficient (Wildman–Crippen LogP) is 3.47. The Balaban J connectivity index is 1.89. The Morgan fingerprint density at radius 3 is 2.70 bits per heavy atom.